The highest BCUT2D eigenvalue weighted by molar-refractivity contribution is 7.03. The molecule has 2 rings (SSSR count). The Bertz CT molecular complexity index is 221. The van der Waals surface area contributed by atoms with Gasteiger partial charge in [-0.1, -0.05) is 0 Å². The average Bonchev–Trinajstić information content (AvgIpc) is 2.59. The lowest BCUT2D eigenvalue weighted by Gasteiger charge is -2.25. The van der Waals surface area contributed by atoms with Crippen LogP contribution in [0.25, 0.3) is 0 Å². The minimum Gasteiger partial charge on any atom is -0.379 e. The Labute approximate surface area is 75.3 Å². The van der Waals surface area contributed by atoms with Gasteiger partial charge in [0.1, 0.15) is 5.51 Å². The van der Waals surface area contributed by atoms with Gasteiger partial charge in [0.15, 0.2) is 5.82 Å². The van der Waals surface area contributed by atoms with Crippen molar-refractivity contribution in [1.29, 1.82) is 0 Å². The van der Waals surface area contributed by atoms with Crippen molar-refractivity contribution in [3.63, 3.8) is 0 Å². The highest BCUT2D eigenvalue weighted by Gasteiger charge is 2.11. The van der Waals surface area contributed by atoms with Crippen LogP contribution >= 0.6 is 11.5 Å². The third-order valence-corrected chi connectivity index (χ3v) is 2.39. The second kappa shape index (κ2) is 3.93. The monoisotopic (exact) mass is 185 g/mol. The van der Waals surface area contributed by atoms with E-state index in [1.165, 1.54) is 11.5 Å². The fraction of sp³-hybridized carbons (Fsp3) is 0.714. The van der Waals surface area contributed by atoms with Gasteiger partial charge in [0.2, 0.25) is 0 Å². The second-order valence-electron chi connectivity index (χ2n) is 2.74. The number of hydrogen-bond donors (Lipinski definition) is 0. The third kappa shape index (κ3) is 2.00. The molecule has 12 heavy (non-hydrogen) atoms. The maximum absolute atomic E-state index is 5.24. The molecule has 0 atom stereocenters. The van der Waals surface area contributed by atoms with Gasteiger partial charge in [0.05, 0.1) is 19.8 Å². The SMILES string of the molecule is c1nc(CN2CCOCC2)ns1. The van der Waals surface area contributed by atoms with Gasteiger partial charge in [-0.3, -0.25) is 4.90 Å². The maximum Gasteiger partial charge on any atom is 0.156 e. The number of morpholine rings is 1. The first-order valence-corrected chi connectivity index (χ1v) is 4.84. The molecular formula is C7H11N3OS. The summed E-state index contributed by atoms with van der Waals surface area (Å²) in [7, 11) is 0. The molecule has 0 amide bonds. The van der Waals surface area contributed by atoms with Crippen molar-refractivity contribution in [3.8, 4) is 0 Å². The van der Waals surface area contributed by atoms with E-state index in [9.17, 15) is 0 Å². The van der Waals surface area contributed by atoms with Crippen LogP contribution in [0, 0.1) is 0 Å². The van der Waals surface area contributed by atoms with Crippen molar-refractivity contribution >= 4 is 11.5 Å². The average molecular weight is 185 g/mol. The van der Waals surface area contributed by atoms with E-state index in [2.05, 4.69) is 14.3 Å². The van der Waals surface area contributed by atoms with E-state index in [1.54, 1.807) is 5.51 Å². The summed E-state index contributed by atoms with van der Waals surface area (Å²) in [6.07, 6.45) is 0. The quantitative estimate of drug-likeness (QED) is 0.667. The first kappa shape index (κ1) is 8.10. The van der Waals surface area contributed by atoms with E-state index in [0.29, 0.717) is 0 Å². The Morgan fingerprint density at radius 1 is 1.50 bits per heavy atom. The molecule has 0 bridgehead atoms. The number of rotatable bonds is 2. The number of nitrogens with zero attached hydrogens (tertiary/aromatic N) is 3. The predicted molar refractivity (Wildman–Crippen MR) is 46.0 cm³/mol. The van der Waals surface area contributed by atoms with Crippen LogP contribution in [0.4, 0.5) is 0 Å². The molecule has 1 aromatic rings. The van der Waals surface area contributed by atoms with Crippen LogP contribution in [-0.2, 0) is 11.3 Å². The molecule has 66 valence electrons. The lowest BCUT2D eigenvalue weighted by Crippen LogP contribution is -2.35. The Morgan fingerprint density at radius 3 is 3.00 bits per heavy atom. The van der Waals surface area contributed by atoms with Crippen LogP contribution in [0.15, 0.2) is 5.51 Å². The van der Waals surface area contributed by atoms with E-state index in [-0.39, 0.29) is 0 Å². The van der Waals surface area contributed by atoms with Gasteiger partial charge in [-0.15, -0.1) is 0 Å². The third-order valence-electron chi connectivity index (χ3n) is 1.88. The van der Waals surface area contributed by atoms with Crippen LogP contribution in [0.2, 0.25) is 0 Å². The van der Waals surface area contributed by atoms with Crippen molar-refractivity contribution in [1.82, 2.24) is 14.3 Å². The molecule has 0 radical (unpaired) electrons. The van der Waals surface area contributed by atoms with Gasteiger partial charge in [0, 0.05) is 13.1 Å². The van der Waals surface area contributed by atoms with E-state index in [0.717, 1.165) is 38.7 Å². The van der Waals surface area contributed by atoms with E-state index < -0.39 is 0 Å². The largest absolute Gasteiger partial charge is 0.379 e. The molecule has 0 N–H and O–H groups in total. The zero-order chi connectivity index (χ0) is 8.23. The molecule has 0 unspecified atom stereocenters. The van der Waals surface area contributed by atoms with Crippen LogP contribution in [0.5, 0.6) is 0 Å². The summed E-state index contributed by atoms with van der Waals surface area (Å²) in [6, 6.07) is 0. The van der Waals surface area contributed by atoms with E-state index in [4.69, 9.17) is 4.74 Å². The molecular weight excluding hydrogens is 174 g/mol. The Balaban J connectivity index is 1.86. The Kier molecular flexibility index (Phi) is 2.65. The molecule has 1 fully saturated rings. The molecule has 1 saturated heterocycles. The molecule has 0 saturated carbocycles. The summed E-state index contributed by atoms with van der Waals surface area (Å²) >= 11 is 1.41. The van der Waals surface area contributed by atoms with E-state index in [1.807, 2.05) is 0 Å². The number of hydrogen-bond acceptors (Lipinski definition) is 5. The minimum absolute atomic E-state index is 0.837. The van der Waals surface area contributed by atoms with Crippen LogP contribution in [-0.4, -0.2) is 40.6 Å². The smallest absolute Gasteiger partial charge is 0.156 e. The predicted octanol–water partition coefficient (Wildman–Crippen LogP) is 0.370. The molecule has 0 aromatic carbocycles. The molecule has 5 heteroatoms. The number of aromatic nitrogens is 2. The van der Waals surface area contributed by atoms with Crippen LogP contribution in [0.1, 0.15) is 5.82 Å². The van der Waals surface area contributed by atoms with Gasteiger partial charge in [-0.2, -0.15) is 4.37 Å². The molecule has 1 aromatic heterocycles. The van der Waals surface area contributed by atoms with Gasteiger partial charge in [-0.05, 0) is 11.5 Å². The lowest BCUT2D eigenvalue weighted by atomic mass is 10.4. The zero-order valence-electron chi connectivity index (χ0n) is 6.77. The van der Waals surface area contributed by atoms with Crippen molar-refractivity contribution in [2.24, 2.45) is 0 Å². The Hall–Kier alpha value is -0.520. The zero-order valence-corrected chi connectivity index (χ0v) is 7.59. The van der Waals surface area contributed by atoms with Gasteiger partial charge >= 0.3 is 0 Å². The number of ether oxygens (including phenoxy) is 1. The fourth-order valence-corrected chi connectivity index (χ4v) is 1.66. The highest BCUT2D eigenvalue weighted by Crippen LogP contribution is 2.03. The first-order valence-electron chi connectivity index (χ1n) is 4.00. The van der Waals surface area contributed by atoms with Crippen LogP contribution < -0.4 is 0 Å². The van der Waals surface area contributed by atoms with Gasteiger partial charge in [-0.25, -0.2) is 4.98 Å². The molecule has 0 spiro atoms. The Morgan fingerprint density at radius 2 is 2.33 bits per heavy atom. The topological polar surface area (TPSA) is 38.2 Å². The van der Waals surface area contributed by atoms with Gasteiger partial charge < -0.3 is 4.74 Å². The van der Waals surface area contributed by atoms with E-state index >= 15 is 0 Å². The summed E-state index contributed by atoms with van der Waals surface area (Å²) in [4.78, 5) is 6.45. The summed E-state index contributed by atoms with van der Waals surface area (Å²) in [6.45, 7) is 4.54. The minimum atomic E-state index is 0.837. The summed E-state index contributed by atoms with van der Waals surface area (Å²) in [5.41, 5.74) is 1.77. The highest BCUT2D eigenvalue weighted by atomic mass is 32.1. The van der Waals surface area contributed by atoms with Crippen molar-refractivity contribution in [2.45, 2.75) is 6.54 Å². The fourth-order valence-electron chi connectivity index (χ4n) is 1.22. The second-order valence-corrected chi connectivity index (χ2v) is 3.34. The summed E-state index contributed by atoms with van der Waals surface area (Å²) in [5, 5.41) is 0. The molecule has 4 nitrogen and oxygen atoms in total. The summed E-state index contributed by atoms with van der Waals surface area (Å²) in [5.74, 6) is 0.932. The maximum atomic E-state index is 5.24. The first-order chi connectivity index (χ1) is 5.95. The van der Waals surface area contributed by atoms with Crippen molar-refractivity contribution < 1.29 is 4.74 Å². The van der Waals surface area contributed by atoms with Gasteiger partial charge in [0.25, 0.3) is 0 Å². The molecule has 2 heterocycles. The normalized spacial score (nSPS) is 19.7. The van der Waals surface area contributed by atoms with Crippen molar-refractivity contribution in [3.05, 3.63) is 11.3 Å². The molecule has 0 aliphatic carbocycles. The lowest BCUT2D eigenvalue weighted by molar-refractivity contribution is 0.0332. The molecule has 1 aliphatic heterocycles. The van der Waals surface area contributed by atoms with Crippen LogP contribution in [0.3, 0.4) is 0 Å². The summed E-state index contributed by atoms with van der Waals surface area (Å²) < 4.78 is 9.40. The standard InChI is InChI=1S/C7H11N3OS/c1-3-11-4-2-10(1)5-7-8-6-12-9-7/h6H,1-5H2. The molecule has 1 aliphatic rings. The van der Waals surface area contributed by atoms with Crippen molar-refractivity contribution in [2.75, 3.05) is 26.3 Å².